The van der Waals surface area contributed by atoms with Gasteiger partial charge in [0.2, 0.25) is 5.89 Å². The SMILES string of the molecule is COCCNCc1ncc(C2CCCCO2)o1. The highest BCUT2D eigenvalue weighted by Gasteiger charge is 2.19. The molecule has 0 amide bonds. The molecule has 2 heterocycles. The van der Waals surface area contributed by atoms with E-state index in [0.29, 0.717) is 19.0 Å². The summed E-state index contributed by atoms with van der Waals surface area (Å²) in [6.07, 6.45) is 5.27. The van der Waals surface area contributed by atoms with E-state index in [2.05, 4.69) is 10.3 Å². The van der Waals surface area contributed by atoms with E-state index in [0.717, 1.165) is 31.8 Å². The van der Waals surface area contributed by atoms with E-state index in [1.165, 1.54) is 6.42 Å². The fourth-order valence-corrected chi connectivity index (χ4v) is 1.89. The fraction of sp³-hybridized carbons (Fsp3) is 0.750. The van der Waals surface area contributed by atoms with Crippen LogP contribution in [0, 0.1) is 0 Å². The first-order valence-corrected chi connectivity index (χ1v) is 6.16. The molecule has 1 aromatic rings. The van der Waals surface area contributed by atoms with Gasteiger partial charge in [-0.1, -0.05) is 0 Å². The van der Waals surface area contributed by atoms with Crippen molar-refractivity contribution in [2.75, 3.05) is 26.9 Å². The summed E-state index contributed by atoms with van der Waals surface area (Å²) in [4.78, 5) is 4.24. The number of nitrogens with zero attached hydrogens (tertiary/aromatic N) is 1. The molecule has 0 radical (unpaired) electrons. The van der Waals surface area contributed by atoms with Gasteiger partial charge in [0.15, 0.2) is 5.76 Å². The van der Waals surface area contributed by atoms with Crippen LogP contribution in [0.2, 0.25) is 0 Å². The van der Waals surface area contributed by atoms with E-state index in [1.807, 2.05) is 0 Å². The van der Waals surface area contributed by atoms with Gasteiger partial charge < -0.3 is 19.2 Å². The van der Waals surface area contributed by atoms with Gasteiger partial charge in [-0.2, -0.15) is 0 Å². The molecule has 1 aliphatic rings. The van der Waals surface area contributed by atoms with Crippen LogP contribution in [0.3, 0.4) is 0 Å². The Balaban J connectivity index is 1.78. The highest BCUT2D eigenvalue weighted by Crippen LogP contribution is 2.27. The van der Waals surface area contributed by atoms with Crippen LogP contribution in [0.5, 0.6) is 0 Å². The van der Waals surface area contributed by atoms with E-state index in [1.54, 1.807) is 13.3 Å². The van der Waals surface area contributed by atoms with Gasteiger partial charge in [0, 0.05) is 20.3 Å². The number of oxazole rings is 1. The lowest BCUT2D eigenvalue weighted by Crippen LogP contribution is -2.18. The number of rotatable bonds is 6. The number of methoxy groups -OCH3 is 1. The van der Waals surface area contributed by atoms with Crippen molar-refractivity contribution in [1.29, 1.82) is 0 Å². The monoisotopic (exact) mass is 240 g/mol. The third-order valence-corrected chi connectivity index (χ3v) is 2.83. The molecule has 17 heavy (non-hydrogen) atoms. The summed E-state index contributed by atoms with van der Waals surface area (Å²) in [5, 5.41) is 3.20. The van der Waals surface area contributed by atoms with Crippen LogP contribution < -0.4 is 5.32 Å². The highest BCUT2D eigenvalue weighted by atomic mass is 16.5. The highest BCUT2D eigenvalue weighted by molar-refractivity contribution is 4.99. The minimum atomic E-state index is 0.101. The summed E-state index contributed by atoms with van der Waals surface area (Å²) in [6, 6.07) is 0. The number of nitrogens with one attached hydrogen (secondary N) is 1. The van der Waals surface area contributed by atoms with Crippen LogP contribution in [0.4, 0.5) is 0 Å². The molecule has 5 heteroatoms. The number of hydrogen-bond donors (Lipinski definition) is 1. The molecule has 0 aromatic carbocycles. The standard InChI is InChI=1S/C12H20N2O3/c1-15-7-5-13-9-12-14-8-11(17-12)10-4-2-3-6-16-10/h8,10,13H,2-7,9H2,1H3. The molecule has 0 bridgehead atoms. The van der Waals surface area contributed by atoms with Crippen molar-refractivity contribution in [3.63, 3.8) is 0 Å². The van der Waals surface area contributed by atoms with Crippen molar-refractivity contribution in [3.05, 3.63) is 17.8 Å². The van der Waals surface area contributed by atoms with Gasteiger partial charge in [-0.25, -0.2) is 4.98 Å². The first kappa shape index (κ1) is 12.5. The zero-order chi connectivity index (χ0) is 11.9. The molecule has 1 unspecified atom stereocenters. The molecule has 1 atom stereocenters. The van der Waals surface area contributed by atoms with Gasteiger partial charge in [-0.05, 0) is 19.3 Å². The number of ether oxygens (including phenoxy) is 2. The predicted octanol–water partition coefficient (Wildman–Crippen LogP) is 1.65. The van der Waals surface area contributed by atoms with Gasteiger partial charge in [0.25, 0.3) is 0 Å². The van der Waals surface area contributed by atoms with Crippen LogP contribution in [0.25, 0.3) is 0 Å². The molecule has 1 aromatic heterocycles. The van der Waals surface area contributed by atoms with Crippen molar-refractivity contribution < 1.29 is 13.9 Å². The van der Waals surface area contributed by atoms with Crippen molar-refractivity contribution >= 4 is 0 Å². The van der Waals surface area contributed by atoms with Crippen molar-refractivity contribution in [2.24, 2.45) is 0 Å². The summed E-state index contributed by atoms with van der Waals surface area (Å²) >= 11 is 0. The average molecular weight is 240 g/mol. The molecule has 0 saturated carbocycles. The number of hydrogen-bond acceptors (Lipinski definition) is 5. The Morgan fingerprint density at radius 1 is 1.53 bits per heavy atom. The Morgan fingerprint density at radius 3 is 3.24 bits per heavy atom. The lowest BCUT2D eigenvalue weighted by molar-refractivity contribution is 0.00121. The molecule has 1 aliphatic heterocycles. The lowest BCUT2D eigenvalue weighted by Gasteiger charge is -2.19. The Kier molecular flexibility index (Phi) is 4.97. The third-order valence-electron chi connectivity index (χ3n) is 2.83. The second-order valence-corrected chi connectivity index (χ2v) is 4.18. The topological polar surface area (TPSA) is 56.5 Å². The summed E-state index contributed by atoms with van der Waals surface area (Å²) < 4.78 is 16.3. The maximum absolute atomic E-state index is 5.66. The molecular weight excluding hydrogens is 220 g/mol. The fourth-order valence-electron chi connectivity index (χ4n) is 1.89. The van der Waals surface area contributed by atoms with Gasteiger partial charge in [-0.15, -0.1) is 0 Å². The average Bonchev–Trinajstić information content (AvgIpc) is 2.85. The summed E-state index contributed by atoms with van der Waals surface area (Å²) in [6.45, 7) is 2.95. The zero-order valence-electron chi connectivity index (χ0n) is 10.3. The van der Waals surface area contributed by atoms with Crippen molar-refractivity contribution in [2.45, 2.75) is 31.9 Å². The van der Waals surface area contributed by atoms with Crippen LogP contribution in [-0.4, -0.2) is 31.9 Å². The van der Waals surface area contributed by atoms with E-state index in [4.69, 9.17) is 13.9 Å². The normalized spacial score (nSPS) is 20.6. The minimum Gasteiger partial charge on any atom is -0.442 e. The van der Waals surface area contributed by atoms with Gasteiger partial charge >= 0.3 is 0 Å². The lowest BCUT2D eigenvalue weighted by atomic mass is 10.1. The van der Waals surface area contributed by atoms with Gasteiger partial charge in [0.1, 0.15) is 6.10 Å². The van der Waals surface area contributed by atoms with Crippen LogP contribution in [0.1, 0.15) is 37.0 Å². The van der Waals surface area contributed by atoms with Crippen LogP contribution >= 0.6 is 0 Å². The first-order chi connectivity index (χ1) is 8.40. The van der Waals surface area contributed by atoms with Crippen LogP contribution in [0.15, 0.2) is 10.6 Å². The molecule has 1 N–H and O–H groups in total. The molecule has 1 fully saturated rings. The first-order valence-electron chi connectivity index (χ1n) is 6.16. The summed E-state index contributed by atoms with van der Waals surface area (Å²) in [5.41, 5.74) is 0. The minimum absolute atomic E-state index is 0.101. The van der Waals surface area contributed by atoms with Gasteiger partial charge in [-0.3, -0.25) is 0 Å². The zero-order valence-corrected chi connectivity index (χ0v) is 10.3. The Labute approximate surface area is 102 Å². The quantitative estimate of drug-likeness (QED) is 0.766. The maximum Gasteiger partial charge on any atom is 0.208 e. The molecule has 96 valence electrons. The van der Waals surface area contributed by atoms with Crippen LogP contribution in [-0.2, 0) is 16.0 Å². The van der Waals surface area contributed by atoms with Gasteiger partial charge in [0.05, 0.1) is 19.3 Å². The van der Waals surface area contributed by atoms with E-state index in [-0.39, 0.29) is 6.10 Å². The van der Waals surface area contributed by atoms with E-state index >= 15 is 0 Å². The Bertz CT molecular complexity index is 321. The predicted molar refractivity (Wildman–Crippen MR) is 62.6 cm³/mol. The maximum atomic E-state index is 5.66. The second kappa shape index (κ2) is 6.74. The molecule has 1 saturated heterocycles. The molecule has 0 aliphatic carbocycles. The summed E-state index contributed by atoms with van der Waals surface area (Å²) in [5.74, 6) is 1.57. The summed E-state index contributed by atoms with van der Waals surface area (Å²) in [7, 11) is 1.69. The van der Waals surface area contributed by atoms with E-state index in [9.17, 15) is 0 Å². The third kappa shape index (κ3) is 3.80. The Morgan fingerprint density at radius 2 is 2.47 bits per heavy atom. The Hall–Kier alpha value is -0.910. The van der Waals surface area contributed by atoms with E-state index < -0.39 is 0 Å². The largest absolute Gasteiger partial charge is 0.442 e. The smallest absolute Gasteiger partial charge is 0.208 e. The van der Waals surface area contributed by atoms with Crippen molar-refractivity contribution in [3.8, 4) is 0 Å². The number of aromatic nitrogens is 1. The molecule has 2 rings (SSSR count). The second-order valence-electron chi connectivity index (χ2n) is 4.18. The molecule has 5 nitrogen and oxygen atoms in total. The molecular formula is C12H20N2O3. The van der Waals surface area contributed by atoms with Crippen molar-refractivity contribution in [1.82, 2.24) is 10.3 Å². The molecule has 0 spiro atoms.